The summed E-state index contributed by atoms with van der Waals surface area (Å²) >= 11 is 0. The van der Waals surface area contributed by atoms with E-state index in [2.05, 4.69) is 10.3 Å². The van der Waals surface area contributed by atoms with Gasteiger partial charge in [0.1, 0.15) is 15.7 Å². The van der Waals surface area contributed by atoms with Gasteiger partial charge in [0, 0.05) is 18.2 Å². The molecule has 18 heavy (non-hydrogen) atoms. The first-order valence-corrected chi connectivity index (χ1v) is 7.55. The average Bonchev–Trinajstić information content (AvgIpc) is 2.27. The Morgan fingerprint density at radius 1 is 1.28 bits per heavy atom. The number of aromatic nitrogens is 1. The van der Waals surface area contributed by atoms with E-state index in [9.17, 15) is 13.2 Å². The molecule has 0 fully saturated rings. The Morgan fingerprint density at radius 3 is 2.72 bits per heavy atom. The molecule has 0 aliphatic heterocycles. The summed E-state index contributed by atoms with van der Waals surface area (Å²) in [5.41, 5.74) is -0.185. The van der Waals surface area contributed by atoms with Crippen molar-refractivity contribution < 1.29 is 8.42 Å². The van der Waals surface area contributed by atoms with Crippen molar-refractivity contribution in [3.05, 3.63) is 40.7 Å². The summed E-state index contributed by atoms with van der Waals surface area (Å²) in [7, 11) is -3.00. The SMILES string of the molecule is CS(=O)(=O)CCNc1cc2ccccc2c(=O)[nH]1. The van der Waals surface area contributed by atoms with Crippen LogP contribution in [0.1, 0.15) is 0 Å². The maximum Gasteiger partial charge on any atom is 0.257 e. The molecule has 5 nitrogen and oxygen atoms in total. The van der Waals surface area contributed by atoms with E-state index in [1.54, 1.807) is 18.2 Å². The third-order valence-corrected chi connectivity index (χ3v) is 3.49. The van der Waals surface area contributed by atoms with E-state index in [0.717, 1.165) is 5.39 Å². The first-order chi connectivity index (χ1) is 8.46. The summed E-state index contributed by atoms with van der Waals surface area (Å²) in [6, 6.07) is 9.02. The topological polar surface area (TPSA) is 79.0 Å². The van der Waals surface area contributed by atoms with Gasteiger partial charge in [-0.1, -0.05) is 18.2 Å². The number of hydrogen-bond acceptors (Lipinski definition) is 4. The van der Waals surface area contributed by atoms with Gasteiger partial charge in [-0.25, -0.2) is 8.42 Å². The number of fused-ring (bicyclic) bond motifs is 1. The van der Waals surface area contributed by atoms with Crippen LogP contribution in [0.15, 0.2) is 35.1 Å². The zero-order chi connectivity index (χ0) is 13.2. The van der Waals surface area contributed by atoms with Crippen molar-refractivity contribution in [2.45, 2.75) is 0 Å². The molecule has 0 unspecified atom stereocenters. The van der Waals surface area contributed by atoms with Crippen LogP contribution in [0.3, 0.4) is 0 Å². The second kappa shape index (κ2) is 4.81. The van der Waals surface area contributed by atoms with Crippen LogP contribution in [0.25, 0.3) is 10.8 Å². The van der Waals surface area contributed by atoms with Crippen LogP contribution in [0.5, 0.6) is 0 Å². The number of nitrogens with one attached hydrogen (secondary N) is 2. The molecule has 1 heterocycles. The van der Waals surface area contributed by atoms with Gasteiger partial charge >= 0.3 is 0 Å². The average molecular weight is 266 g/mol. The van der Waals surface area contributed by atoms with E-state index in [1.165, 1.54) is 6.26 Å². The molecule has 0 aliphatic rings. The normalized spacial score (nSPS) is 11.6. The number of hydrogen-bond donors (Lipinski definition) is 2. The van der Waals surface area contributed by atoms with E-state index in [1.807, 2.05) is 12.1 Å². The monoisotopic (exact) mass is 266 g/mol. The van der Waals surface area contributed by atoms with Crippen LogP contribution < -0.4 is 10.9 Å². The molecule has 2 N–H and O–H groups in total. The number of rotatable bonds is 4. The molecule has 0 amide bonds. The maximum atomic E-state index is 11.7. The number of pyridine rings is 1. The van der Waals surface area contributed by atoms with Gasteiger partial charge in [-0.05, 0) is 17.5 Å². The lowest BCUT2D eigenvalue weighted by atomic mass is 10.2. The summed E-state index contributed by atoms with van der Waals surface area (Å²) in [5, 5.41) is 4.34. The Labute approximate surface area is 105 Å². The third kappa shape index (κ3) is 3.10. The molecule has 1 aromatic carbocycles. The van der Waals surface area contributed by atoms with E-state index < -0.39 is 9.84 Å². The summed E-state index contributed by atoms with van der Waals surface area (Å²) in [4.78, 5) is 14.4. The first kappa shape index (κ1) is 12.6. The second-order valence-electron chi connectivity index (χ2n) is 4.16. The van der Waals surface area contributed by atoms with Crippen molar-refractivity contribution in [2.24, 2.45) is 0 Å². The molecule has 0 saturated carbocycles. The zero-order valence-corrected chi connectivity index (χ0v) is 10.8. The zero-order valence-electron chi connectivity index (χ0n) is 9.93. The molecule has 1 aromatic heterocycles. The van der Waals surface area contributed by atoms with Crippen LogP contribution in [0, 0.1) is 0 Å². The molecule has 0 spiro atoms. The molecule has 0 radical (unpaired) electrons. The molecule has 96 valence electrons. The van der Waals surface area contributed by atoms with E-state index in [4.69, 9.17) is 0 Å². The Kier molecular flexibility index (Phi) is 3.38. The predicted molar refractivity (Wildman–Crippen MR) is 72.8 cm³/mol. The summed E-state index contributed by atoms with van der Waals surface area (Å²) in [5.74, 6) is 0.560. The Morgan fingerprint density at radius 2 is 2.00 bits per heavy atom. The summed E-state index contributed by atoms with van der Waals surface area (Å²) in [6.45, 7) is 0.271. The summed E-state index contributed by atoms with van der Waals surface area (Å²) < 4.78 is 22.0. The van der Waals surface area contributed by atoms with Crippen molar-refractivity contribution in [1.82, 2.24) is 4.98 Å². The minimum absolute atomic E-state index is 0.0296. The second-order valence-corrected chi connectivity index (χ2v) is 6.42. The molecule has 2 rings (SSSR count). The highest BCUT2D eigenvalue weighted by atomic mass is 32.2. The van der Waals surface area contributed by atoms with Gasteiger partial charge in [-0.3, -0.25) is 4.79 Å². The van der Waals surface area contributed by atoms with Crippen molar-refractivity contribution in [1.29, 1.82) is 0 Å². The fourth-order valence-electron chi connectivity index (χ4n) is 1.68. The van der Waals surface area contributed by atoms with E-state index in [-0.39, 0.29) is 17.9 Å². The maximum absolute atomic E-state index is 11.7. The van der Waals surface area contributed by atoms with Gasteiger partial charge in [0.25, 0.3) is 5.56 Å². The minimum atomic E-state index is -3.00. The molecule has 6 heteroatoms. The highest BCUT2D eigenvalue weighted by Crippen LogP contribution is 2.12. The van der Waals surface area contributed by atoms with Crippen molar-refractivity contribution in [2.75, 3.05) is 23.9 Å². The Bertz CT molecular complexity index is 719. The largest absolute Gasteiger partial charge is 0.371 e. The minimum Gasteiger partial charge on any atom is -0.371 e. The molecule has 0 aliphatic carbocycles. The highest BCUT2D eigenvalue weighted by molar-refractivity contribution is 7.90. The third-order valence-electron chi connectivity index (χ3n) is 2.54. The quantitative estimate of drug-likeness (QED) is 0.864. The number of benzene rings is 1. The van der Waals surface area contributed by atoms with Gasteiger partial charge in [0.15, 0.2) is 0 Å². The number of sulfone groups is 1. The standard InChI is InChI=1S/C12H14N2O3S/c1-18(16,17)7-6-13-11-8-9-4-2-3-5-10(9)12(15)14-11/h2-5,8H,6-7H2,1H3,(H2,13,14,15). The number of anilines is 1. The Hall–Kier alpha value is -1.82. The fraction of sp³-hybridized carbons (Fsp3) is 0.250. The summed E-state index contributed by atoms with van der Waals surface area (Å²) in [6.07, 6.45) is 1.18. The van der Waals surface area contributed by atoms with Crippen LogP contribution in [0.2, 0.25) is 0 Å². The fourth-order valence-corrected chi connectivity index (χ4v) is 2.15. The van der Waals surface area contributed by atoms with E-state index in [0.29, 0.717) is 11.2 Å². The highest BCUT2D eigenvalue weighted by Gasteiger charge is 2.03. The molecule has 0 atom stereocenters. The predicted octanol–water partition coefficient (Wildman–Crippen LogP) is 0.985. The molecule has 0 saturated heterocycles. The first-order valence-electron chi connectivity index (χ1n) is 5.49. The van der Waals surface area contributed by atoms with Crippen LogP contribution >= 0.6 is 0 Å². The van der Waals surface area contributed by atoms with Gasteiger partial charge in [0.2, 0.25) is 0 Å². The van der Waals surface area contributed by atoms with Gasteiger partial charge in [-0.15, -0.1) is 0 Å². The number of H-pyrrole nitrogens is 1. The lowest BCUT2D eigenvalue weighted by molar-refractivity contribution is 0.602. The van der Waals surface area contributed by atoms with Crippen LogP contribution in [-0.4, -0.2) is 32.0 Å². The molecule has 0 bridgehead atoms. The van der Waals surface area contributed by atoms with Crippen molar-refractivity contribution in [3.63, 3.8) is 0 Å². The number of aromatic amines is 1. The lowest BCUT2D eigenvalue weighted by Gasteiger charge is -2.06. The van der Waals surface area contributed by atoms with E-state index >= 15 is 0 Å². The molecule has 2 aromatic rings. The molecular weight excluding hydrogens is 252 g/mol. The Balaban J connectivity index is 2.22. The van der Waals surface area contributed by atoms with Gasteiger partial charge < -0.3 is 10.3 Å². The van der Waals surface area contributed by atoms with Crippen LogP contribution in [0.4, 0.5) is 5.82 Å². The van der Waals surface area contributed by atoms with Crippen molar-refractivity contribution >= 4 is 26.4 Å². The smallest absolute Gasteiger partial charge is 0.257 e. The van der Waals surface area contributed by atoms with Gasteiger partial charge in [-0.2, -0.15) is 0 Å². The van der Waals surface area contributed by atoms with Gasteiger partial charge in [0.05, 0.1) is 5.75 Å². The lowest BCUT2D eigenvalue weighted by Crippen LogP contribution is -2.17. The van der Waals surface area contributed by atoms with Crippen LogP contribution in [-0.2, 0) is 9.84 Å². The molecular formula is C12H14N2O3S. The van der Waals surface area contributed by atoms with Crippen molar-refractivity contribution in [3.8, 4) is 0 Å².